The summed E-state index contributed by atoms with van der Waals surface area (Å²) in [5, 5.41) is 0. The highest BCUT2D eigenvalue weighted by Gasteiger charge is 1.72. The van der Waals surface area contributed by atoms with Crippen LogP contribution in [0.2, 0.25) is 0 Å². The van der Waals surface area contributed by atoms with Gasteiger partial charge < -0.3 is 0 Å². The van der Waals surface area contributed by atoms with E-state index in [-0.39, 0.29) is 0 Å². The fourth-order valence-electron chi connectivity index (χ4n) is 0.847. The molecule has 0 aliphatic heterocycles. The van der Waals surface area contributed by atoms with Crippen molar-refractivity contribution in [2.45, 2.75) is 34.6 Å². The number of hydrogen-bond acceptors (Lipinski definition) is 1. The molecule has 0 aliphatic carbocycles. The van der Waals surface area contributed by atoms with Gasteiger partial charge in [0.05, 0.1) is 0 Å². The van der Waals surface area contributed by atoms with Crippen LogP contribution in [0.15, 0.2) is 60.9 Å². The van der Waals surface area contributed by atoms with Crippen molar-refractivity contribution in [3.63, 3.8) is 0 Å². The maximum absolute atomic E-state index is 3.78. The molecule has 0 radical (unpaired) electrons. The molecule has 0 spiro atoms. The molecule has 2 rings (SSSR count). The summed E-state index contributed by atoms with van der Waals surface area (Å²) in [6.07, 6.45) is 3.50. The standard InChI is InChI=1S/C7H8.C5H5N.2C2H6/c1-7-5-3-2-4-6-7;1-2-4-6-5-3-1;2*1-2/h2-6H,1H3;1-5H;2*1-2H3. The summed E-state index contributed by atoms with van der Waals surface area (Å²) < 4.78 is 0. The molecule has 0 aliphatic rings. The number of pyridine rings is 1. The molecule has 1 nitrogen and oxygen atoms in total. The zero-order chi connectivity index (χ0) is 13.4. The quantitative estimate of drug-likeness (QED) is 0.612. The first-order chi connectivity index (χ1) is 8.39. The summed E-state index contributed by atoms with van der Waals surface area (Å²) in [7, 11) is 0. The molecule has 0 unspecified atom stereocenters. The lowest BCUT2D eigenvalue weighted by Gasteiger charge is -1.82. The minimum absolute atomic E-state index is 1.32. The van der Waals surface area contributed by atoms with E-state index in [0.29, 0.717) is 0 Å². The van der Waals surface area contributed by atoms with Crippen molar-refractivity contribution in [2.75, 3.05) is 0 Å². The minimum Gasteiger partial charge on any atom is -0.265 e. The van der Waals surface area contributed by atoms with Crippen molar-refractivity contribution in [2.24, 2.45) is 0 Å². The molecule has 0 saturated heterocycles. The number of benzene rings is 1. The highest BCUT2D eigenvalue weighted by atomic mass is 14.6. The van der Waals surface area contributed by atoms with Crippen LogP contribution in [-0.4, -0.2) is 4.98 Å². The molecular formula is C16H25N. The first-order valence-corrected chi connectivity index (χ1v) is 6.26. The van der Waals surface area contributed by atoms with Gasteiger partial charge in [-0.25, -0.2) is 0 Å². The van der Waals surface area contributed by atoms with Crippen LogP contribution in [0.3, 0.4) is 0 Å². The Bertz CT molecular complexity index is 276. The Hall–Kier alpha value is -1.63. The van der Waals surface area contributed by atoms with Crippen LogP contribution in [0.4, 0.5) is 0 Å². The van der Waals surface area contributed by atoms with Crippen molar-refractivity contribution in [3.05, 3.63) is 66.5 Å². The summed E-state index contributed by atoms with van der Waals surface area (Å²) in [5.41, 5.74) is 1.32. The molecule has 0 bridgehead atoms. The number of hydrogen-bond donors (Lipinski definition) is 0. The number of aromatic nitrogens is 1. The van der Waals surface area contributed by atoms with Gasteiger partial charge in [-0.2, -0.15) is 0 Å². The van der Waals surface area contributed by atoms with E-state index in [1.165, 1.54) is 5.56 Å². The van der Waals surface area contributed by atoms with E-state index in [4.69, 9.17) is 0 Å². The Morgan fingerprint density at radius 3 is 1.24 bits per heavy atom. The summed E-state index contributed by atoms with van der Waals surface area (Å²) in [5.74, 6) is 0. The fourth-order valence-corrected chi connectivity index (χ4v) is 0.847. The summed E-state index contributed by atoms with van der Waals surface area (Å²) in [4.78, 5) is 3.78. The molecule has 0 fully saturated rings. The van der Waals surface area contributed by atoms with Gasteiger partial charge in [0, 0.05) is 12.4 Å². The van der Waals surface area contributed by atoms with Gasteiger partial charge in [-0.05, 0) is 19.1 Å². The van der Waals surface area contributed by atoms with E-state index >= 15 is 0 Å². The largest absolute Gasteiger partial charge is 0.265 e. The van der Waals surface area contributed by atoms with Gasteiger partial charge >= 0.3 is 0 Å². The molecule has 17 heavy (non-hydrogen) atoms. The van der Waals surface area contributed by atoms with Gasteiger partial charge in [-0.1, -0.05) is 69.7 Å². The third-order valence-corrected chi connectivity index (χ3v) is 1.51. The van der Waals surface area contributed by atoms with E-state index < -0.39 is 0 Å². The lowest BCUT2D eigenvalue weighted by Crippen LogP contribution is -1.62. The third kappa shape index (κ3) is 14.4. The van der Waals surface area contributed by atoms with E-state index in [2.05, 4.69) is 24.0 Å². The van der Waals surface area contributed by atoms with Gasteiger partial charge in [0.2, 0.25) is 0 Å². The second-order valence-electron chi connectivity index (χ2n) is 2.68. The molecule has 0 amide bonds. The molecule has 94 valence electrons. The van der Waals surface area contributed by atoms with Crippen molar-refractivity contribution in [3.8, 4) is 0 Å². The van der Waals surface area contributed by atoms with E-state index in [1.807, 2.05) is 64.1 Å². The SMILES string of the molecule is CC.CC.Cc1ccccc1.c1ccncc1. The summed E-state index contributed by atoms with van der Waals surface area (Å²) in [6, 6.07) is 16.0. The van der Waals surface area contributed by atoms with Gasteiger partial charge in [-0.15, -0.1) is 0 Å². The predicted molar refractivity (Wildman–Crippen MR) is 78.1 cm³/mol. The Kier molecular flexibility index (Phi) is 17.5. The van der Waals surface area contributed by atoms with Crippen LogP contribution in [0.25, 0.3) is 0 Å². The van der Waals surface area contributed by atoms with Crippen molar-refractivity contribution >= 4 is 0 Å². The summed E-state index contributed by atoms with van der Waals surface area (Å²) in [6.45, 7) is 10.1. The van der Waals surface area contributed by atoms with Crippen LogP contribution in [0.5, 0.6) is 0 Å². The van der Waals surface area contributed by atoms with Crippen LogP contribution in [0.1, 0.15) is 33.3 Å². The molecular weight excluding hydrogens is 206 g/mol. The Balaban J connectivity index is 0. The smallest absolute Gasteiger partial charge is 0.0267 e. The Morgan fingerprint density at radius 2 is 1.06 bits per heavy atom. The summed E-state index contributed by atoms with van der Waals surface area (Å²) >= 11 is 0. The second-order valence-corrected chi connectivity index (χ2v) is 2.68. The molecule has 1 heteroatoms. The lowest BCUT2D eigenvalue weighted by atomic mass is 10.2. The average Bonchev–Trinajstić information content (AvgIpc) is 2.47. The molecule has 1 aromatic heterocycles. The van der Waals surface area contributed by atoms with Crippen LogP contribution in [-0.2, 0) is 0 Å². The number of nitrogens with zero attached hydrogens (tertiary/aromatic N) is 1. The van der Waals surface area contributed by atoms with E-state index in [9.17, 15) is 0 Å². The van der Waals surface area contributed by atoms with Crippen LogP contribution < -0.4 is 0 Å². The fraction of sp³-hybridized carbons (Fsp3) is 0.312. The zero-order valence-corrected chi connectivity index (χ0v) is 11.7. The van der Waals surface area contributed by atoms with Crippen molar-refractivity contribution < 1.29 is 0 Å². The Labute approximate surface area is 107 Å². The number of aryl methyl sites for hydroxylation is 1. The van der Waals surface area contributed by atoms with Gasteiger partial charge in [0.15, 0.2) is 0 Å². The number of rotatable bonds is 0. The first kappa shape index (κ1) is 17.8. The molecule has 1 aromatic carbocycles. The Morgan fingerprint density at radius 1 is 0.647 bits per heavy atom. The maximum atomic E-state index is 3.78. The monoisotopic (exact) mass is 231 g/mol. The second kappa shape index (κ2) is 16.8. The van der Waals surface area contributed by atoms with Crippen LogP contribution >= 0.6 is 0 Å². The minimum atomic E-state index is 1.32. The normalized spacial score (nSPS) is 7.12. The van der Waals surface area contributed by atoms with E-state index in [1.54, 1.807) is 12.4 Å². The lowest BCUT2D eigenvalue weighted by molar-refractivity contribution is 1.33. The van der Waals surface area contributed by atoms with Crippen LogP contribution in [0, 0.1) is 6.92 Å². The van der Waals surface area contributed by atoms with Crippen molar-refractivity contribution in [1.29, 1.82) is 0 Å². The highest BCUT2D eigenvalue weighted by Crippen LogP contribution is 1.92. The van der Waals surface area contributed by atoms with Gasteiger partial charge in [-0.3, -0.25) is 4.98 Å². The average molecular weight is 231 g/mol. The van der Waals surface area contributed by atoms with Gasteiger partial charge in [0.1, 0.15) is 0 Å². The zero-order valence-electron chi connectivity index (χ0n) is 11.7. The topological polar surface area (TPSA) is 12.9 Å². The molecule has 0 saturated carbocycles. The first-order valence-electron chi connectivity index (χ1n) is 6.26. The predicted octanol–water partition coefficient (Wildman–Crippen LogP) is 5.13. The van der Waals surface area contributed by atoms with Gasteiger partial charge in [0.25, 0.3) is 0 Å². The molecule has 0 N–H and O–H groups in total. The maximum Gasteiger partial charge on any atom is 0.0267 e. The molecule has 2 aromatic rings. The third-order valence-electron chi connectivity index (χ3n) is 1.51. The molecule has 0 atom stereocenters. The van der Waals surface area contributed by atoms with Crippen molar-refractivity contribution in [1.82, 2.24) is 4.98 Å². The van der Waals surface area contributed by atoms with E-state index in [0.717, 1.165) is 0 Å². The molecule has 1 heterocycles. The highest BCUT2D eigenvalue weighted by molar-refractivity contribution is 5.11.